The van der Waals surface area contributed by atoms with Crippen LogP contribution in [0.2, 0.25) is 0 Å². The molecule has 2 aromatic rings. The molecule has 0 radical (unpaired) electrons. The topological polar surface area (TPSA) is 29.9 Å². The number of halogens is 2. The van der Waals surface area contributed by atoms with Crippen LogP contribution in [0.1, 0.15) is 18.2 Å². The van der Waals surface area contributed by atoms with Crippen LogP contribution in [-0.4, -0.2) is 9.78 Å². The first-order valence-corrected chi connectivity index (χ1v) is 5.81. The monoisotopic (exact) mass is 251 g/mol. The van der Waals surface area contributed by atoms with E-state index < -0.39 is 11.6 Å². The molecule has 18 heavy (non-hydrogen) atoms. The molecule has 0 unspecified atom stereocenters. The van der Waals surface area contributed by atoms with Crippen molar-refractivity contribution >= 4 is 5.69 Å². The largest absolute Gasteiger partial charge is 0.378 e. The first kappa shape index (κ1) is 12.5. The van der Waals surface area contributed by atoms with E-state index in [1.165, 1.54) is 18.2 Å². The fourth-order valence-electron chi connectivity index (χ4n) is 1.83. The van der Waals surface area contributed by atoms with E-state index in [2.05, 4.69) is 10.4 Å². The molecular weight excluding hydrogens is 236 g/mol. The third kappa shape index (κ3) is 2.50. The highest BCUT2D eigenvalue weighted by atomic mass is 19.1. The van der Waals surface area contributed by atoms with Crippen LogP contribution in [0, 0.1) is 11.6 Å². The fourth-order valence-corrected chi connectivity index (χ4v) is 1.83. The normalized spacial score (nSPS) is 10.7. The summed E-state index contributed by atoms with van der Waals surface area (Å²) in [5, 5.41) is 7.27. The van der Waals surface area contributed by atoms with E-state index in [1.807, 2.05) is 14.0 Å². The molecule has 0 spiro atoms. The van der Waals surface area contributed by atoms with Gasteiger partial charge in [-0.3, -0.25) is 4.68 Å². The molecular formula is C13H15F2N3. The summed E-state index contributed by atoms with van der Waals surface area (Å²) in [6, 6.07) is 3.86. The Morgan fingerprint density at radius 1 is 1.28 bits per heavy atom. The highest BCUT2D eigenvalue weighted by molar-refractivity contribution is 5.47. The van der Waals surface area contributed by atoms with E-state index in [-0.39, 0.29) is 12.1 Å². The number of nitrogens with one attached hydrogen (secondary N) is 1. The maximum atomic E-state index is 13.4. The average Bonchev–Trinajstić information content (AvgIpc) is 2.69. The standard InChI is InChI=1S/C13H15F2N3/c1-3-12-13(8-18(2)17-12)16-7-9-10(14)5-4-6-11(9)15/h4-6,8,16H,3,7H2,1-2H3. The lowest BCUT2D eigenvalue weighted by Crippen LogP contribution is -2.05. The summed E-state index contributed by atoms with van der Waals surface area (Å²) in [5.74, 6) is -1.08. The van der Waals surface area contributed by atoms with Crippen LogP contribution in [-0.2, 0) is 20.0 Å². The van der Waals surface area contributed by atoms with E-state index in [4.69, 9.17) is 0 Å². The summed E-state index contributed by atoms with van der Waals surface area (Å²) in [7, 11) is 1.81. The van der Waals surface area contributed by atoms with Crippen molar-refractivity contribution in [3.05, 3.63) is 47.3 Å². The lowest BCUT2D eigenvalue weighted by molar-refractivity contribution is 0.560. The number of aromatic nitrogens is 2. The summed E-state index contributed by atoms with van der Waals surface area (Å²) in [6.45, 7) is 2.09. The minimum absolute atomic E-state index is 0.0448. The highest BCUT2D eigenvalue weighted by Crippen LogP contribution is 2.17. The Bertz CT molecular complexity index is 529. The maximum Gasteiger partial charge on any atom is 0.131 e. The first-order chi connectivity index (χ1) is 8.61. The van der Waals surface area contributed by atoms with Crippen LogP contribution in [0.3, 0.4) is 0 Å². The van der Waals surface area contributed by atoms with Crippen molar-refractivity contribution in [2.45, 2.75) is 19.9 Å². The van der Waals surface area contributed by atoms with Gasteiger partial charge in [0, 0.05) is 25.4 Å². The predicted molar refractivity (Wildman–Crippen MR) is 66.3 cm³/mol. The van der Waals surface area contributed by atoms with Crippen molar-refractivity contribution in [2.75, 3.05) is 5.32 Å². The molecule has 1 aromatic carbocycles. The molecule has 1 N–H and O–H groups in total. The molecule has 5 heteroatoms. The van der Waals surface area contributed by atoms with Crippen LogP contribution in [0.25, 0.3) is 0 Å². The van der Waals surface area contributed by atoms with E-state index in [0.29, 0.717) is 0 Å². The van der Waals surface area contributed by atoms with E-state index in [9.17, 15) is 8.78 Å². The van der Waals surface area contributed by atoms with Crippen molar-refractivity contribution < 1.29 is 8.78 Å². The van der Waals surface area contributed by atoms with Crippen molar-refractivity contribution in [3.63, 3.8) is 0 Å². The molecule has 0 saturated carbocycles. The van der Waals surface area contributed by atoms with Gasteiger partial charge in [0.15, 0.2) is 0 Å². The minimum atomic E-state index is -0.538. The number of rotatable bonds is 4. The number of nitrogens with zero attached hydrogens (tertiary/aromatic N) is 2. The molecule has 0 bridgehead atoms. The summed E-state index contributed by atoms with van der Waals surface area (Å²) in [6.07, 6.45) is 2.57. The quantitative estimate of drug-likeness (QED) is 0.905. The van der Waals surface area contributed by atoms with Gasteiger partial charge in [-0.15, -0.1) is 0 Å². The van der Waals surface area contributed by atoms with Gasteiger partial charge in [-0.2, -0.15) is 5.10 Å². The average molecular weight is 251 g/mol. The second-order valence-electron chi connectivity index (χ2n) is 4.07. The van der Waals surface area contributed by atoms with Crippen LogP contribution in [0.4, 0.5) is 14.5 Å². The molecule has 0 atom stereocenters. The molecule has 0 saturated heterocycles. The van der Waals surface area contributed by atoms with E-state index in [0.717, 1.165) is 17.8 Å². The van der Waals surface area contributed by atoms with Gasteiger partial charge in [-0.1, -0.05) is 13.0 Å². The van der Waals surface area contributed by atoms with Crippen LogP contribution in [0.5, 0.6) is 0 Å². The van der Waals surface area contributed by atoms with Gasteiger partial charge < -0.3 is 5.32 Å². The molecule has 1 aromatic heterocycles. The number of hydrogen-bond acceptors (Lipinski definition) is 2. The number of aryl methyl sites for hydroxylation is 2. The van der Waals surface area contributed by atoms with E-state index in [1.54, 1.807) is 10.9 Å². The fraction of sp³-hybridized carbons (Fsp3) is 0.308. The third-order valence-electron chi connectivity index (χ3n) is 2.76. The Labute approximate surface area is 104 Å². The number of benzene rings is 1. The van der Waals surface area contributed by atoms with E-state index >= 15 is 0 Å². The summed E-state index contributed by atoms with van der Waals surface area (Å²) >= 11 is 0. The molecule has 1 heterocycles. The lowest BCUT2D eigenvalue weighted by atomic mass is 10.2. The van der Waals surface area contributed by atoms with Gasteiger partial charge in [0.05, 0.1) is 11.4 Å². The Morgan fingerprint density at radius 2 is 1.94 bits per heavy atom. The number of anilines is 1. The molecule has 3 nitrogen and oxygen atoms in total. The molecule has 0 fully saturated rings. The summed E-state index contributed by atoms with van der Waals surface area (Å²) in [5.41, 5.74) is 1.74. The highest BCUT2D eigenvalue weighted by Gasteiger charge is 2.10. The van der Waals surface area contributed by atoms with Gasteiger partial charge in [-0.25, -0.2) is 8.78 Å². The molecule has 0 aliphatic carbocycles. The molecule has 0 aliphatic heterocycles. The van der Waals surface area contributed by atoms with Gasteiger partial charge in [0.25, 0.3) is 0 Å². The van der Waals surface area contributed by atoms with Crippen LogP contribution >= 0.6 is 0 Å². The van der Waals surface area contributed by atoms with Gasteiger partial charge in [0.1, 0.15) is 11.6 Å². The van der Waals surface area contributed by atoms with Gasteiger partial charge in [-0.05, 0) is 18.6 Å². The Hall–Kier alpha value is -1.91. The zero-order chi connectivity index (χ0) is 13.1. The Kier molecular flexibility index (Phi) is 3.60. The smallest absolute Gasteiger partial charge is 0.131 e. The SMILES string of the molecule is CCc1nn(C)cc1NCc1c(F)cccc1F. The molecule has 0 aliphatic rings. The predicted octanol–water partition coefficient (Wildman–Crippen LogP) is 2.87. The lowest BCUT2D eigenvalue weighted by Gasteiger charge is -2.07. The second-order valence-corrected chi connectivity index (χ2v) is 4.07. The van der Waals surface area contributed by atoms with Crippen molar-refractivity contribution in [1.82, 2.24) is 9.78 Å². The minimum Gasteiger partial charge on any atom is -0.378 e. The zero-order valence-electron chi connectivity index (χ0n) is 10.4. The summed E-state index contributed by atoms with van der Waals surface area (Å²) < 4.78 is 28.6. The maximum absolute atomic E-state index is 13.4. The Morgan fingerprint density at radius 3 is 2.56 bits per heavy atom. The van der Waals surface area contributed by atoms with Crippen LogP contribution < -0.4 is 5.32 Å². The Balaban J connectivity index is 2.16. The first-order valence-electron chi connectivity index (χ1n) is 5.81. The molecule has 96 valence electrons. The number of hydrogen-bond donors (Lipinski definition) is 1. The van der Waals surface area contributed by atoms with Crippen molar-refractivity contribution in [3.8, 4) is 0 Å². The zero-order valence-corrected chi connectivity index (χ0v) is 10.4. The second kappa shape index (κ2) is 5.16. The summed E-state index contributed by atoms with van der Waals surface area (Å²) in [4.78, 5) is 0. The van der Waals surface area contributed by atoms with Crippen molar-refractivity contribution in [2.24, 2.45) is 7.05 Å². The molecule has 2 rings (SSSR count). The van der Waals surface area contributed by atoms with Gasteiger partial charge >= 0.3 is 0 Å². The van der Waals surface area contributed by atoms with Crippen LogP contribution in [0.15, 0.2) is 24.4 Å². The van der Waals surface area contributed by atoms with Crippen molar-refractivity contribution in [1.29, 1.82) is 0 Å². The third-order valence-corrected chi connectivity index (χ3v) is 2.76. The molecule has 0 amide bonds. The van der Waals surface area contributed by atoms with Gasteiger partial charge in [0.2, 0.25) is 0 Å².